The maximum absolute atomic E-state index is 12.2. The Balaban J connectivity index is 1.84. The van der Waals surface area contributed by atoms with Crippen molar-refractivity contribution >= 4 is 31.6 Å². The van der Waals surface area contributed by atoms with E-state index in [1.807, 2.05) is 10.8 Å². The van der Waals surface area contributed by atoms with E-state index in [1.54, 1.807) is 24.7 Å². The highest BCUT2D eigenvalue weighted by Crippen LogP contribution is 2.23. The first-order chi connectivity index (χ1) is 9.99. The smallest absolute Gasteiger partial charge is 0.241 e. The van der Waals surface area contributed by atoms with Crippen LogP contribution in [0.4, 0.5) is 5.69 Å². The zero-order chi connectivity index (χ0) is 15.3. The van der Waals surface area contributed by atoms with E-state index in [0.29, 0.717) is 16.7 Å². The van der Waals surface area contributed by atoms with Crippen molar-refractivity contribution in [1.29, 1.82) is 0 Å². The van der Waals surface area contributed by atoms with Gasteiger partial charge in [-0.2, -0.15) is 0 Å². The second-order valence-corrected chi connectivity index (χ2v) is 7.18. The van der Waals surface area contributed by atoms with E-state index in [9.17, 15) is 8.42 Å². The number of imidazole rings is 1. The Labute approximate surface area is 132 Å². The van der Waals surface area contributed by atoms with Gasteiger partial charge < -0.3 is 10.3 Å². The molecule has 0 saturated carbocycles. The number of hydrogen-bond acceptors (Lipinski definition) is 4. The van der Waals surface area contributed by atoms with Crippen LogP contribution in [0.3, 0.4) is 0 Å². The van der Waals surface area contributed by atoms with E-state index in [0.717, 1.165) is 19.4 Å². The zero-order valence-corrected chi connectivity index (χ0v) is 13.8. The molecular weight excluding hydrogens is 356 g/mol. The first-order valence-electron chi connectivity index (χ1n) is 6.49. The topological polar surface area (TPSA) is 90.0 Å². The lowest BCUT2D eigenvalue weighted by molar-refractivity contribution is 0.565. The number of nitrogens with zero attached hydrogens (tertiary/aromatic N) is 2. The summed E-state index contributed by atoms with van der Waals surface area (Å²) in [6, 6.07) is 4.64. The highest BCUT2D eigenvalue weighted by atomic mass is 79.9. The van der Waals surface area contributed by atoms with Gasteiger partial charge in [-0.15, -0.1) is 0 Å². The average Bonchev–Trinajstić information content (AvgIpc) is 2.91. The third-order valence-electron chi connectivity index (χ3n) is 2.94. The van der Waals surface area contributed by atoms with Gasteiger partial charge in [-0.3, -0.25) is 0 Å². The molecule has 0 amide bonds. The molecule has 6 nitrogen and oxygen atoms in total. The molecule has 0 aliphatic heterocycles. The fraction of sp³-hybridized carbons (Fsp3) is 0.308. The van der Waals surface area contributed by atoms with Gasteiger partial charge in [0.25, 0.3) is 0 Å². The Kier molecular flexibility index (Phi) is 5.38. The largest absolute Gasteiger partial charge is 0.399 e. The first kappa shape index (κ1) is 16.0. The Morgan fingerprint density at radius 3 is 2.81 bits per heavy atom. The van der Waals surface area contributed by atoms with Crippen LogP contribution in [0.5, 0.6) is 0 Å². The maximum Gasteiger partial charge on any atom is 0.241 e. The maximum atomic E-state index is 12.2. The van der Waals surface area contributed by atoms with Gasteiger partial charge >= 0.3 is 0 Å². The SMILES string of the molecule is Nc1ccc(S(=O)(=O)NCCCCn2ccnc2)c(Br)c1. The quantitative estimate of drug-likeness (QED) is 0.574. The lowest BCUT2D eigenvalue weighted by Crippen LogP contribution is -2.25. The number of benzene rings is 1. The number of anilines is 1. The molecule has 21 heavy (non-hydrogen) atoms. The molecule has 2 aromatic rings. The molecule has 1 aromatic carbocycles. The highest BCUT2D eigenvalue weighted by molar-refractivity contribution is 9.10. The van der Waals surface area contributed by atoms with Gasteiger partial charge in [-0.1, -0.05) is 0 Å². The molecule has 1 aromatic heterocycles. The van der Waals surface area contributed by atoms with Crippen molar-refractivity contribution in [2.45, 2.75) is 24.3 Å². The van der Waals surface area contributed by atoms with E-state index < -0.39 is 10.0 Å². The fourth-order valence-corrected chi connectivity index (χ4v) is 4.02. The second kappa shape index (κ2) is 7.06. The zero-order valence-electron chi connectivity index (χ0n) is 11.4. The van der Waals surface area contributed by atoms with Crippen LogP contribution < -0.4 is 10.5 Å². The number of aryl methyl sites for hydroxylation is 1. The van der Waals surface area contributed by atoms with E-state index in [1.165, 1.54) is 6.07 Å². The monoisotopic (exact) mass is 372 g/mol. The lowest BCUT2D eigenvalue weighted by atomic mass is 10.3. The number of nitrogens with one attached hydrogen (secondary N) is 1. The number of nitrogens with two attached hydrogens (primary N) is 1. The minimum absolute atomic E-state index is 0.200. The molecule has 0 unspecified atom stereocenters. The average molecular weight is 373 g/mol. The summed E-state index contributed by atoms with van der Waals surface area (Å²) < 4.78 is 29.3. The van der Waals surface area contributed by atoms with Gasteiger partial charge in [0.2, 0.25) is 10.0 Å². The molecule has 2 rings (SSSR count). The van der Waals surface area contributed by atoms with Gasteiger partial charge in [-0.05, 0) is 47.0 Å². The van der Waals surface area contributed by atoms with E-state index in [2.05, 4.69) is 25.6 Å². The van der Waals surface area contributed by atoms with Crippen molar-refractivity contribution < 1.29 is 8.42 Å². The van der Waals surface area contributed by atoms with Gasteiger partial charge in [0.05, 0.1) is 11.2 Å². The standard InChI is InChI=1S/C13H17BrN4O2S/c14-12-9-11(15)3-4-13(12)21(19,20)17-5-1-2-7-18-8-6-16-10-18/h3-4,6,8-10,17H,1-2,5,7,15H2. The summed E-state index contributed by atoms with van der Waals surface area (Å²) in [6.07, 6.45) is 6.98. The third kappa shape index (κ3) is 4.55. The molecule has 0 spiro atoms. The molecule has 1 heterocycles. The molecule has 3 N–H and O–H groups in total. The number of aromatic nitrogens is 2. The molecule has 0 aliphatic rings. The van der Waals surface area contributed by atoms with Crippen LogP contribution in [0.2, 0.25) is 0 Å². The Bertz CT molecular complexity index is 686. The van der Waals surface area contributed by atoms with E-state index in [-0.39, 0.29) is 4.90 Å². The van der Waals surface area contributed by atoms with Crippen molar-refractivity contribution in [2.24, 2.45) is 0 Å². The van der Waals surface area contributed by atoms with Crippen LogP contribution in [0, 0.1) is 0 Å². The summed E-state index contributed by atoms with van der Waals surface area (Å²) in [5.41, 5.74) is 6.12. The van der Waals surface area contributed by atoms with Crippen LogP contribution in [-0.2, 0) is 16.6 Å². The molecule has 8 heteroatoms. The van der Waals surface area contributed by atoms with Crippen molar-refractivity contribution in [3.05, 3.63) is 41.4 Å². The number of nitrogen functional groups attached to an aromatic ring is 1. The summed E-state index contributed by atoms with van der Waals surface area (Å²) in [4.78, 5) is 4.15. The van der Waals surface area contributed by atoms with Gasteiger partial charge in [-0.25, -0.2) is 18.1 Å². The number of sulfonamides is 1. The summed E-state index contributed by atoms with van der Waals surface area (Å²) in [7, 11) is -3.51. The van der Waals surface area contributed by atoms with Crippen LogP contribution in [0.25, 0.3) is 0 Å². The van der Waals surface area contributed by atoms with Crippen molar-refractivity contribution in [3.63, 3.8) is 0 Å². The second-order valence-electron chi connectivity index (χ2n) is 4.60. The predicted molar refractivity (Wildman–Crippen MR) is 85.2 cm³/mol. The minimum Gasteiger partial charge on any atom is -0.399 e. The normalized spacial score (nSPS) is 11.7. The number of halogens is 1. The molecule has 0 fully saturated rings. The summed E-state index contributed by atoms with van der Waals surface area (Å²) in [5.74, 6) is 0. The summed E-state index contributed by atoms with van der Waals surface area (Å²) in [5, 5.41) is 0. The van der Waals surface area contributed by atoms with E-state index in [4.69, 9.17) is 5.73 Å². The van der Waals surface area contributed by atoms with Crippen molar-refractivity contribution in [3.8, 4) is 0 Å². The summed E-state index contributed by atoms with van der Waals surface area (Å²) >= 11 is 3.22. The van der Waals surface area contributed by atoms with Gasteiger partial charge in [0.1, 0.15) is 0 Å². The van der Waals surface area contributed by atoms with Crippen molar-refractivity contribution in [2.75, 3.05) is 12.3 Å². The van der Waals surface area contributed by atoms with Gasteiger partial charge in [0, 0.05) is 35.6 Å². The highest BCUT2D eigenvalue weighted by Gasteiger charge is 2.16. The molecule has 114 valence electrons. The van der Waals surface area contributed by atoms with Gasteiger partial charge in [0.15, 0.2) is 0 Å². The molecule has 0 bridgehead atoms. The Morgan fingerprint density at radius 2 is 2.14 bits per heavy atom. The molecule has 0 saturated heterocycles. The predicted octanol–water partition coefficient (Wildman–Crippen LogP) is 1.99. The molecular formula is C13H17BrN4O2S. The first-order valence-corrected chi connectivity index (χ1v) is 8.77. The Morgan fingerprint density at radius 1 is 1.33 bits per heavy atom. The van der Waals surface area contributed by atoms with Crippen molar-refractivity contribution in [1.82, 2.24) is 14.3 Å². The molecule has 0 atom stereocenters. The number of unbranched alkanes of at least 4 members (excludes halogenated alkanes) is 1. The van der Waals surface area contributed by atoms with Crippen LogP contribution in [-0.4, -0.2) is 24.5 Å². The minimum atomic E-state index is -3.51. The Hall–Kier alpha value is -1.38. The fourth-order valence-electron chi connectivity index (χ4n) is 1.86. The molecule has 0 radical (unpaired) electrons. The van der Waals surface area contributed by atoms with Crippen LogP contribution in [0.1, 0.15) is 12.8 Å². The third-order valence-corrected chi connectivity index (χ3v) is 5.38. The number of rotatable bonds is 7. The van der Waals surface area contributed by atoms with Crippen LogP contribution in [0.15, 0.2) is 46.3 Å². The molecule has 0 aliphatic carbocycles. The van der Waals surface area contributed by atoms with Crippen LogP contribution >= 0.6 is 15.9 Å². The lowest BCUT2D eigenvalue weighted by Gasteiger charge is -2.09. The van der Waals surface area contributed by atoms with E-state index >= 15 is 0 Å². The summed E-state index contributed by atoms with van der Waals surface area (Å²) in [6.45, 7) is 1.22. The number of hydrogen-bond donors (Lipinski definition) is 2.